The Morgan fingerprint density at radius 2 is 1.80 bits per heavy atom. The first-order valence-electron chi connectivity index (χ1n) is 6.43. The third-order valence-corrected chi connectivity index (χ3v) is 3.09. The molecule has 2 aromatic rings. The van der Waals surface area contributed by atoms with Crippen molar-refractivity contribution < 1.29 is 9.47 Å². The number of nitrogen functional groups attached to an aromatic ring is 1. The molecule has 0 heterocycles. The molecule has 0 radical (unpaired) electrons. The number of nitrogens with zero attached hydrogens (tertiary/aromatic N) is 1. The zero-order chi connectivity index (χ0) is 14.5. The zero-order valence-electron chi connectivity index (χ0n) is 12.1. The molecule has 0 spiro atoms. The Bertz CT molecular complexity index is 582. The van der Waals surface area contributed by atoms with Gasteiger partial charge in [-0.2, -0.15) is 0 Å². The van der Waals surface area contributed by atoms with Gasteiger partial charge in [-0.25, -0.2) is 0 Å². The van der Waals surface area contributed by atoms with Crippen LogP contribution < -0.4 is 20.1 Å². The highest BCUT2D eigenvalue weighted by Gasteiger charge is 2.06. The van der Waals surface area contributed by atoms with Crippen molar-refractivity contribution in [1.29, 1.82) is 0 Å². The molecule has 20 heavy (non-hydrogen) atoms. The first kappa shape index (κ1) is 14.1. The molecule has 0 aliphatic carbocycles. The Kier molecular flexibility index (Phi) is 4.35. The minimum absolute atomic E-state index is 0.422. The van der Waals surface area contributed by atoms with E-state index in [4.69, 9.17) is 15.2 Å². The highest BCUT2D eigenvalue weighted by molar-refractivity contribution is 5.62. The second kappa shape index (κ2) is 6.19. The summed E-state index contributed by atoms with van der Waals surface area (Å²) in [6, 6.07) is 13.5. The summed E-state index contributed by atoms with van der Waals surface area (Å²) in [5.74, 6) is 1.50. The van der Waals surface area contributed by atoms with E-state index in [0.717, 1.165) is 17.0 Å². The van der Waals surface area contributed by atoms with Gasteiger partial charge in [0.2, 0.25) is 0 Å². The Morgan fingerprint density at radius 3 is 2.50 bits per heavy atom. The first-order valence-corrected chi connectivity index (χ1v) is 6.43. The largest absolute Gasteiger partial charge is 0.496 e. The number of methoxy groups -OCH3 is 1. The van der Waals surface area contributed by atoms with E-state index in [2.05, 4.69) is 0 Å². The Balaban J connectivity index is 2.16. The predicted octanol–water partition coefficient (Wildman–Crippen LogP) is 2.92. The summed E-state index contributed by atoms with van der Waals surface area (Å²) in [5.41, 5.74) is 8.62. The van der Waals surface area contributed by atoms with Crippen molar-refractivity contribution in [2.45, 2.75) is 6.61 Å². The fourth-order valence-corrected chi connectivity index (χ4v) is 1.90. The van der Waals surface area contributed by atoms with Crippen LogP contribution in [0.1, 0.15) is 5.56 Å². The van der Waals surface area contributed by atoms with E-state index in [1.807, 2.05) is 61.5 Å². The molecule has 2 N–H and O–H groups in total. The van der Waals surface area contributed by atoms with Crippen molar-refractivity contribution in [2.24, 2.45) is 0 Å². The summed E-state index contributed by atoms with van der Waals surface area (Å²) < 4.78 is 11.1. The third kappa shape index (κ3) is 3.15. The van der Waals surface area contributed by atoms with Gasteiger partial charge >= 0.3 is 0 Å². The van der Waals surface area contributed by atoms with E-state index >= 15 is 0 Å². The standard InChI is InChI=1S/C16H20N2O2/c1-18(2)13-8-9-14(17)16(10-13)20-11-12-6-4-5-7-15(12)19-3/h4-10H,11,17H2,1-3H3. The highest BCUT2D eigenvalue weighted by Crippen LogP contribution is 2.28. The summed E-state index contributed by atoms with van der Waals surface area (Å²) in [6.45, 7) is 0.422. The van der Waals surface area contributed by atoms with Crippen molar-refractivity contribution in [3.05, 3.63) is 48.0 Å². The zero-order valence-corrected chi connectivity index (χ0v) is 12.1. The highest BCUT2D eigenvalue weighted by atomic mass is 16.5. The van der Waals surface area contributed by atoms with Crippen molar-refractivity contribution in [2.75, 3.05) is 31.8 Å². The quantitative estimate of drug-likeness (QED) is 0.850. The van der Waals surface area contributed by atoms with Crippen molar-refractivity contribution in [3.63, 3.8) is 0 Å². The van der Waals surface area contributed by atoms with Crippen LogP contribution in [0.25, 0.3) is 0 Å². The maximum atomic E-state index is 5.95. The van der Waals surface area contributed by atoms with Crippen LogP contribution in [0.5, 0.6) is 11.5 Å². The Hall–Kier alpha value is -2.36. The number of para-hydroxylation sites is 1. The van der Waals surface area contributed by atoms with Crippen LogP contribution in [0.3, 0.4) is 0 Å². The average molecular weight is 272 g/mol. The van der Waals surface area contributed by atoms with E-state index in [-0.39, 0.29) is 0 Å². The van der Waals surface area contributed by atoms with Gasteiger partial charge in [0.15, 0.2) is 0 Å². The van der Waals surface area contributed by atoms with Crippen molar-refractivity contribution in [1.82, 2.24) is 0 Å². The number of rotatable bonds is 5. The Morgan fingerprint density at radius 1 is 1.05 bits per heavy atom. The van der Waals surface area contributed by atoms with Crippen LogP contribution in [0.4, 0.5) is 11.4 Å². The second-order valence-electron chi connectivity index (χ2n) is 4.72. The maximum absolute atomic E-state index is 5.95. The summed E-state index contributed by atoms with van der Waals surface area (Å²) in [7, 11) is 5.62. The molecule has 0 aliphatic heterocycles. The summed E-state index contributed by atoms with van der Waals surface area (Å²) in [6.07, 6.45) is 0. The predicted molar refractivity (Wildman–Crippen MR) is 82.5 cm³/mol. The van der Waals surface area contributed by atoms with Gasteiger partial charge in [-0.15, -0.1) is 0 Å². The average Bonchev–Trinajstić information content (AvgIpc) is 2.46. The van der Waals surface area contributed by atoms with Gasteiger partial charge in [0, 0.05) is 31.4 Å². The molecule has 0 saturated heterocycles. The smallest absolute Gasteiger partial charge is 0.144 e. The van der Waals surface area contributed by atoms with Gasteiger partial charge < -0.3 is 20.1 Å². The topological polar surface area (TPSA) is 47.7 Å². The molecule has 0 fully saturated rings. The maximum Gasteiger partial charge on any atom is 0.144 e. The van der Waals surface area contributed by atoms with Crippen molar-refractivity contribution >= 4 is 11.4 Å². The van der Waals surface area contributed by atoms with Crippen molar-refractivity contribution in [3.8, 4) is 11.5 Å². The molecular weight excluding hydrogens is 252 g/mol. The van der Waals surface area contributed by atoms with Crippen LogP contribution in [-0.4, -0.2) is 21.2 Å². The van der Waals surface area contributed by atoms with E-state index in [1.54, 1.807) is 7.11 Å². The lowest BCUT2D eigenvalue weighted by Gasteiger charge is -2.16. The molecular formula is C16H20N2O2. The van der Waals surface area contributed by atoms with E-state index in [0.29, 0.717) is 18.0 Å². The number of hydrogen-bond acceptors (Lipinski definition) is 4. The molecule has 0 aromatic heterocycles. The molecule has 2 aromatic carbocycles. The van der Waals surface area contributed by atoms with Gasteiger partial charge in [0.1, 0.15) is 18.1 Å². The minimum atomic E-state index is 0.422. The number of hydrogen-bond donors (Lipinski definition) is 1. The summed E-state index contributed by atoms with van der Waals surface area (Å²) in [5, 5.41) is 0. The van der Waals surface area contributed by atoms with Gasteiger partial charge in [0.25, 0.3) is 0 Å². The Labute approximate surface area is 119 Å². The second-order valence-corrected chi connectivity index (χ2v) is 4.72. The molecule has 4 heteroatoms. The minimum Gasteiger partial charge on any atom is -0.496 e. The third-order valence-electron chi connectivity index (χ3n) is 3.09. The molecule has 0 amide bonds. The number of nitrogens with two attached hydrogens (primary N) is 1. The van der Waals surface area contributed by atoms with Crippen LogP contribution in [0.15, 0.2) is 42.5 Å². The van der Waals surface area contributed by atoms with E-state index < -0.39 is 0 Å². The number of anilines is 2. The van der Waals surface area contributed by atoms with E-state index in [9.17, 15) is 0 Å². The molecule has 106 valence electrons. The normalized spacial score (nSPS) is 10.2. The fraction of sp³-hybridized carbons (Fsp3) is 0.250. The molecule has 0 atom stereocenters. The lowest BCUT2D eigenvalue weighted by atomic mass is 10.2. The molecule has 2 rings (SSSR count). The van der Waals surface area contributed by atoms with Gasteiger partial charge in [0.05, 0.1) is 12.8 Å². The van der Waals surface area contributed by atoms with Gasteiger partial charge in [-0.3, -0.25) is 0 Å². The van der Waals surface area contributed by atoms with Crippen LogP contribution >= 0.6 is 0 Å². The molecule has 0 aliphatic rings. The van der Waals surface area contributed by atoms with E-state index in [1.165, 1.54) is 0 Å². The van der Waals surface area contributed by atoms with Crippen LogP contribution in [0, 0.1) is 0 Å². The molecule has 4 nitrogen and oxygen atoms in total. The molecule has 0 bridgehead atoms. The number of benzene rings is 2. The lowest BCUT2D eigenvalue weighted by Crippen LogP contribution is -2.09. The number of ether oxygens (including phenoxy) is 2. The first-order chi connectivity index (χ1) is 9.61. The molecule has 0 unspecified atom stereocenters. The van der Waals surface area contributed by atoms with Gasteiger partial charge in [-0.1, -0.05) is 18.2 Å². The summed E-state index contributed by atoms with van der Waals surface area (Å²) >= 11 is 0. The monoisotopic (exact) mass is 272 g/mol. The van der Waals surface area contributed by atoms with Crippen LogP contribution in [-0.2, 0) is 6.61 Å². The van der Waals surface area contributed by atoms with Gasteiger partial charge in [-0.05, 0) is 18.2 Å². The SMILES string of the molecule is COc1ccccc1COc1cc(N(C)C)ccc1N. The fourth-order valence-electron chi connectivity index (χ4n) is 1.90. The molecule has 0 saturated carbocycles. The van der Waals surface area contributed by atoms with Crippen LogP contribution in [0.2, 0.25) is 0 Å². The summed E-state index contributed by atoms with van der Waals surface area (Å²) in [4.78, 5) is 2.01. The lowest BCUT2D eigenvalue weighted by molar-refractivity contribution is 0.298.